The van der Waals surface area contributed by atoms with E-state index in [1.807, 2.05) is 6.07 Å². The Balaban J connectivity index is 2.04. The minimum atomic E-state index is 0.0557. The van der Waals surface area contributed by atoms with Gasteiger partial charge in [0.15, 0.2) is 0 Å². The van der Waals surface area contributed by atoms with Crippen LogP contribution in [0.5, 0.6) is 5.75 Å². The van der Waals surface area contributed by atoms with Crippen LogP contribution in [-0.2, 0) is 0 Å². The summed E-state index contributed by atoms with van der Waals surface area (Å²) < 4.78 is 6.42. The van der Waals surface area contributed by atoms with Gasteiger partial charge in [0, 0.05) is 0 Å². The van der Waals surface area contributed by atoms with Crippen LogP contribution >= 0.6 is 0 Å². The molecule has 2 aromatic carbocycles. The van der Waals surface area contributed by atoms with Crippen molar-refractivity contribution in [2.45, 2.75) is 39.8 Å². The Bertz CT molecular complexity index is 634. The number of rotatable bonds is 2. The lowest BCUT2D eigenvalue weighted by atomic mass is 9.91. The molecule has 3 rings (SSSR count). The zero-order valence-corrected chi connectivity index (χ0v) is 13.2. The van der Waals surface area contributed by atoms with Crippen LogP contribution in [0.3, 0.4) is 0 Å². The molecule has 1 aliphatic rings. The van der Waals surface area contributed by atoms with Gasteiger partial charge in [-0.15, -0.1) is 0 Å². The largest absolute Gasteiger partial charge is 0.481 e. The molecule has 0 saturated heterocycles. The molecular formula is C19H23NO. The summed E-state index contributed by atoms with van der Waals surface area (Å²) in [7, 11) is 0. The summed E-state index contributed by atoms with van der Waals surface area (Å²) in [6.07, 6.45) is 0.0557. The Morgan fingerprint density at radius 1 is 1.05 bits per heavy atom. The molecule has 1 aliphatic heterocycles. The fraction of sp³-hybridized carbons (Fsp3) is 0.368. The van der Waals surface area contributed by atoms with Crippen LogP contribution in [0.1, 0.15) is 36.6 Å². The molecule has 0 bridgehead atoms. The molecule has 2 nitrogen and oxygen atoms in total. The van der Waals surface area contributed by atoms with E-state index < -0.39 is 0 Å². The van der Waals surface area contributed by atoms with Gasteiger partial charge in [0.1, 0.15) is 11.9 Å². The molecule has 21 heavy (non-hydrogen) atoms. The van der Waals surface area contributed by atoms with Gasteiger partial charge in [-0.3, -0.25) is 0 Å². The molecule has 0 fully saturated rings. The lowest BCUT2D eigenvalue weighted by molar-refractivity contribution is 0.148. The van der Waals surface area contributed by atoms with Crippen molar-refractivity contribution >= 4 is 5.69 Å². The lowest BCUT2D eigenvalue weighted by Crippen LogP contribution is -2.39. The summed E-state index contributed by atoms with van der Waals surface area (Å²) >= 11 is 0. The third kappa shape index (κ3) is 2.63. The van der Waals surface area contributed by atoms with E-state index >= 15 is 0 Å². The monoisotopic (exact) mass is 281 g/mol. The van der Waals surface area contributed by atoms with E-state index in [0.717, 1.165) is 11.4 Å². The normalized spacial score (nSPS) is 20.6. The van der Waals surface area contributed by atoms with Crippen LogP contribution < -0.4 is 10.1 Å². The van der Waals surface area contributed by atoms with Crippen molar-refractivity contribution in [3.8, 4) is 5.75 Å². The standard InChI is InChI=1S/C19H23NO/c1-12(2)17-19(15-8-6-5-7-9-15)21-18-14(4)10-13(3)11-16(18)20-17/h5-12,17,19-20H,1-4H3. The van der Waals surface area contributed by atoms with E-state index in [9.17, 15) is 0 Å². The first-order chi connectivity index (χ1) is 10.1. The summed E-state index contributed by atoms with van der Waals surface area (Å²) in [5, 5.41) is 3.70. The predicted octanol–water partition coefficient (Wildman–Crippen LogP) is 4.87. The second-order valence-electron chi connectivity index (χ2n) is 6.32. The topological polar surface area (TPSA) is 21.3 Å². The quantitative estimate of drug-likeness (QED) is 0.847. The lowest BCUT2D eigenvalue weighted by Gasteiger charge is -2.38. The van der Waals surface area contributed by atoms with Crippen LogP contribution in [0.25, 0.3) is 0 Å². The van der Waals surface area contributed by atoms with Gasteiger partial charge in [0.05, 0.1) is 11.7 Å². The molecule has 110 valence electrons. The van der Waals surface area contributed by atoms with E-state index in [1.165, 1.54) is 16.7 Å². The van der Waals surface area contributed by atoms with Crippen LogP contribution in [0.4, 0.5) is 5.69 Å². The molecule has 2 heteroatoms. The average Bonchev–Trinajstić information content (AvgIpc) is 2.46. The molecule has 1 heterocycles. The first-order valence-corrected chi connectivity index (χ1v) is 7.65. The first kappa shape index (κ1) is 14.0. The first-order valence-electron chi connectivity index (χ1n) is 7.65. The van der Waals surface area contributed by atoms with Crippen molar-refractivity contribution in [1.29, 1.82) is 0 Å². The Morgan fingerprint density at radius 2 is 1.76 bits per heavy atom. The van der Waals surface area contributed by atoms with Crippen LogP contribution in [0, 0.1) is 19.8 Å². The molecular weight excluding hydrogens is 258 g/mol. The number of ether oxygens (including phenoxy) is 1. The zero-order chi connectivity index (χ0) is 15.0. The van der Waals surface area contributed by atoms with E-state index in [4.69, 9.17) is 4.74 Å². The van der Waals surface area contributed by atoms with Crippen LogP contribution in [0.2, 0.25) is 0 Å². The van der Waals surface area contributed by atoms with Crippen molar-refractivity contribution < 1.29 is 4.74 Å². The van der Waals surface area contributed by atoms with Gasteiger partial charge in [-0.1, -0.05) is 50.2 Å². The van der Waals surface area contributed by atoms with Gasteiger partial charge >= 0.3 is 0 Å². The van der Waals surface area contributed by atoms with Crippen molar-refractivity contribution in [3.63, 3.8) is 0 Å². The van der Waals surface area contributed by atoms with Crippen molar-refractivity contribution in [2.75, 3.05) is 5.32 Å². The smallest absolute Gasteiger partial charge is 0.146 e. The number of anilines is 1. The maximum Gasteiger partial charge on any atom is 0.146 e. The summed E-state index contributed by atoms with van der Waals surface area (Å²) in [4.78, 5) is 0. The molecule has 0 radical (unpaired) electrons. The summed E-state index contributed by atoms with van der Waals surface area (Å²) in [5.74, 6) is 1.48. The van der Waals surface area contributed by atoms with Gasteiger partial charge in [0.25, 0.3) is 0 Å². The highest BCUT2D eigenvalue weighted by atomic mass is 16.5. The Hall–Kier alpha value is -1.96. The third-order valence-electron chi connectivity index (χ3n) is 4.16. The maximum atomic E-state index is 6.42. The molecule has 0 amide bonds. The summed E-state index contributed by atoms with van der Waals surface area (Å²) in [6, 6.07) is 15.1. The molecule has 2 aromatic rings. The van der Waals surface area contributed by atoms with E-state index in [-0.39, 0.29) is 12.1 Å². The molecule has 0 aromatic heterocycles. The maximum absolute atomic E-state index is 6.42. The average molecular weight is 281 g/mol. The van der Waals surface area contributed by atoms with E-state index in [2.05, 4.69) is 69.4 Å². The fourth-order valence-corrected chi connectivity index (χ4v) is 3.11. The number of hydrogen-bond acceptors (Lipinski definition) is 2. The number of hydrogen-bond donors (Lipinski definition) is 1. The highest BCUT2D eigenvalue weighted by Gasteiger charge is 2.33. The van der Waals surface area contributed by atoms with Gasteiger partial charge in [-0.25, -0.2) is 0 Å². The number of benzene rings is 2. The highest BCUT2D eigenvalue weighted by molar-refractivity contribution is 5.64. The Kier molecular flexibility index (Phi) is 3.62. The van der Waals surface area contributed by atoms with Gasteiger partial charge in [-0.2, -0.15) is 0 Å². The Labute approximate surface area is 127 Å². The Morgan fingerprint density at radius 3 is 2.43 bits per heavy atom. The number of fused-ring (bicyclic) bond motifs is 1. The van der Waals surface area contributed by atoms with E-state index in [0.29, 0.717) is 5.92 Å². The van der Waals surface area contributed by atoms with Crippen molar-refractivity contribution in [3.05, 3.63) is 59.2 Å². The van der Waals surface area contributed by atoms with Crippen molar-refractivity contribution in [1.82, 2.24) is 0 Å². The summed E-state index contributed by atoms with van der Waals surface area (Å²) in [6.45, 7) is 8.73. The molecule has 0 aliphatic carbocycles. The van der Waals surface area contributed by atoms with Crippen LogP contribution in [-0.4, -0.2) is 6.04 Å². The van der Waals surface area contributed by atoms with Gasteiger partial charge in [-0.05, 0) is 42.5 Å². The second kappa shape index (κ2) is 5.44. The molecule has 0 spiro atoms. The van der Waals surface area contributed by atoms with Gasteiger partial charge in [0.2, 0.25) is 0 Å². The fourth-order valence-electron chi connectivity index (χ4n) is 3.11. The van der Waals surface area contributed by atoms with Crippen LogP contribution in [0.15, 0.2) is 42.5 Å². The minimum absolute atomic E-state index is 0.0557. The SMILES string of the molecule is Cc1cc(C)c2c(c1)NC(C(C)C)C(c1ccccc1)O2. The minimum Gasteiger partial charge on any atom is -0.481 e. The van der Waals surface area contributed by atoms with Gasteiger partial charge < -0.3 is 10.1 Å². The third-order valence-corrected chi connectivity index (χ3v) is 4.16. The molecule has 1 N–H and O–H groups in total. The second-order valence-corrected chi connectivity index (χ2v) is 6.32. The van der Waals surface area contributed by atoms with Crippen molar-refractivity contribution in [2.24, 2.45) is 5.92 Å². The predicted molar refractivity (Wildman–Crippen MR) is 88.0 cm³/mol. The zero-order valence-electron chi connectivity index (χ0n) is 13.2. The highest BCUT2D eigenvalue weighted by Crippen LogP contribution is 2.42. The van der Waals surface area contributed by atoms with E-state index in [1.54, 1.807) is 0 Å². The molecule has 2 atom stereocenters. The number of nitrogens with one attached hydrogen (secondary N) is 1. The molecule has 0 saturated carbocycles. The summed E-state index contributed by atoms with van der Waals surface area (Å²) in [5.41, 5.74) is 4.82. The molecule has 2 unspecified atom stereocenters. The number of aryl methyl sites for hydroxylation is 2.